The maximum Gasteiger partial charge on any atom is 0.251 e. The molecule has 1 aliphatic rings. The molecule has 0 radical (unpaired) electrons. The third-order valence-corrected chi connectivity index (χ3v) is 5.95. The lowest BCUT2D eigenvalue weighted by Gasteiger charge is -2.21. The molecule has 0 atom stereocenters. The van der Waals surface area contributed by atoms with E-state index < -0.39 is 0 Å². The number of amides is 1. The number of nitrogens with two attached hydrogens (primary N) is 1. The molecule has 0 aromatic heterocycles. The molecule has 0 bridgehead atoms. The molecule has 1 aromatic rings. The van der Waals surface area contributed by atoms with Crippen LogP contribution in [0.3, 0.4) is 0 Å². The Morgan fingerprint density at radius 1 is 1.25 bits per heavy atom. The third-order valence-electron chi connectivity index (χ3n) is 2.94. The highest BCUT2D eigenvalue weighted by Crippen LogP contribution is 2.43. The zero-order valence-corrected chi connectivity index (χ0v) is 13.8. The summed E-state index contributed by atoms with van der Waals surface area (Å²) in [5.74, 6) is 2.46. The van der Waals surface area contributed by atoms with Crippen LogP contribution in [0.15, 0.2) is 24.3 Å². The van der Waals surface area contributed by atoms with E-state index in [1.807, 2.05) is 35.7 Å². The van der Waals surface area contributed by atoms with Crippen molar-refractivity contribution < 1.29 is 4.79 Å². The van der Waals surface area contributed by atoms with Gasteiger partial charge in [-0.25, -0.2) is 0 Å². The van der Waals surface area contributed by atoms with Gasteiger partial charge in [0, 0.05) is 12.1 Å². The second-order valence-corrected chi connectivity index (χ2v) is 7.17. The van der Waals surface area contributed by atoms with Gasteiger partial charge in [-0.15, -0.1) is 35.9 Å². The molecule has 1 saturated heterocycles. The van der Waals surface area contributed by atoms with Crippen LogP contribution in [0, 0.1) is 0 Å². The number of nitrogens with one attached hydrogen (secondary N) is 1. The van der Waals surface area contributed by atoms with Crippen LogP contribution in [0.4, 0.5) is 0 Å². The summed E-state index contributed by atoms with van der Waals surface area (Å²) < 4.78 is 0.531. The van der Waals surface area contributed by atoms with Crippen LogP contribution in [-0.4, -0.2) is 30.5 Å². The topological polar surface area (TPSA) is 55.1 Å². The van der Waals surface area contributed by atoms with Gasteiger partial charge in [-0.2, -0.15) is 0 Å². The summed E-state index contributed by atoms with van der Waals surface area (Å²) in [7, 11) is 0. The largest absolute Gasteiger partial charge is 0.352 e. The van der Waals surface area contributed by atoms with Crippen LogP contribution >= 0.6 is 35.9 Å². The number of hydrogen-bond acceptors (Lipinski definition) is 4. The molecular formula is C14H21ClN2OS2. The van der Waals surface area contributed by atoms with E-state index in [0.717, 1.165) is 12.0 Å². The predicted octanol–water partition coefficient (Wildman–Crippen LogP) is 3.06. The van der Waals surface area contributed by atoms with Gasteiger partial charge in [0.05, 0.1) is 4.58 Å². The number of benzene rings is 1. The fraction of sp³-hybridized carbons (Fsp3) is 0.500. The molecule has 0 unspecified atom stereocenters. The fourth-order valence-electron chi connectivity index (χ4n) is 1.88. The van der Waals surface area contributed by atoms with E-state index >= 15 is 0 Å². The summed E-state index contributed by atoms with van der Waals surface area (Å²) >= 11 is 3.99. The van der Waals surface area contributed by atoms with Gasteiger partial charge in [0.1, 0.15) is 0 Å². The van der Waals surface area contributed by atoms with Gasteiger partial charge in [-0.1, -0.05) is 12.1 Å². The quantitative estimate of drug-likeness (QED) is 0.814. The Balaban J connectivity index is 0.00000200. The lowest BCUT2D eigenvalue weighted by Crippen LogP contribution is -2.25. The Morgan fingerprint density at radius 3 is 2.50 bits per heavy atom. The Labute approximate surface area is 135 Å². The van der Waals surface area contributed by atoms with E-state index in [0.29, 0.717) is 17.7 Å². The Bertz CT molecular complexity index is 408. The minimum atomic E-state index is -0.0102. The Kier molecular flexibility index (Phi) is 8.45. The highest BCUT2D eigenvalue weighted by molar-refractivity contribution is 8.16. The van der Waals surface area contributed by atoms with Crippen LogP contribution < -0.4 is 11.1 Å². The van der Waals surface area contributed by atoms with Crippen molar-refractivity contribution in [2.24, 2.45) is 5.73 Å². The Morgan fingerprint density at radius 2 is 1.90 bits per heavy atom. The Hall–Kier alpha value is -0.360. The van der Waals surface area contributed by atoms with Crippen molar-refractivity contribution >= 4 is 41.8 Å². The van der Waals surface area contributed by atoms with E-state index in [-0.39, 0.29) is 18.3 Å². The van der Waals surface area contributed by atoms with Crippen molar-refractivity contribution in [1.82, 2.24) is 5.32 Å². The number of carbonyl (C=O) groups is 1. The summed E-state index contributed by atoms with van der Waals surface area (Å²) in [6, 6.07) is 7.99. The summed E-state index contributed by atoms with van der Waals surface area (Å²) in [5.41, 5.74) is 7.44. The van der Waals surface area contributed by atoms with Gasteiger partial charge in [-0.3, -0.25) is 4.79 Å². The standard InChI is InChI=1S/C14H20N2OS2.ClH/c15-7-1-8-16-13(17)11-3-5-12(6-4-11)14-18-9-2-10-19-14;/h3-6,14H,1-2,7-10,15H2,(H,16,17);1H. The van der Waals surface area contributed by atoms with Gasteiger partial charge < -0.3 is 11.1 Å². The average molecular weight is 333 g/mol. The number of halogens is 1. The molecule has 20 heavy (non-hydrogen) atoms. The van der Waals surface area contributed by atoms with Gasteiger partial charge in [-0.05, 0) is 48.6 Å². The fourth-order valence-corrected chi connectivity index (χ4v) is 4.77. The SMILES string of the molecule is Cl.NCCCNC(=O)c1ccc(C2SCCCS2)cc1. The van der Waals surface area contributed by atoms with Crippen molar-refractivity contribution in [2.45, 2.75) is 17.4 Å². The third kappa shape index (κ3) is 5.20. The summed E-state index contributed by atoms with van der Waals surface area (Å²) in [4.78, 5) is 11.8. The van der Waals surface area contributed by atoms with Crippen LogP contribution in [0.5, 0.6) is 0 Å². The highest BCUT2D eigenvalue weighted by atomic mass is 35.5. The highest BCUT2D eigenvalue weighted by Gasteiger charge is 2.16. The number of hydrogen-bond donors (Lipinski definition) is 2. The first-order valence-electron chi connectivity index (χ1n) is 6.62. The minimum Gasteiger partial charge on any atom is -0.352 e. The van der Waals surface area contributed by atoms with E-state index in [1.165, 1.54) is 23.5 Å². The normalized spacial score (nSPS) is 15.4. The van der Waals surface area contributed by atoms with Crippen molar-refractivity contribution in [3.63, 3.8) is 0 Å². The van der Waals surface area contributed by atoms with Gasteiger partial charge in [0.15, 0.2) is 0 Å². The van der Waals surface area contributed by atoms with Crippen LogP contribution in [0.1, 0.15) is 33.3 Å². The molecule has 1 heterocycles. The monoisotopic (exact) mass is 332 g/mol. The lowest BCUT2D eigenvalue weighted by molar-refractivity contribution is 0.0953. The minimum absolute atomic E-state index is 0. The maximum atomic E-state index is 11.8. The molecule has 1 amide bonds. The molecule has 2 rings (SSSR count). The van der Waals surface area contributed by atoms with Gasteiger partial charge >= 0.3 is 0 Å². The molecule has 0 spiro atoms. The molecule has 1 fully saturated rings. The first-order chi connectivity index (χ1) is 9.31. The lowest BCUT2D eigenvalue weighted by atomic mass is 10.1. The van der Waals surface area contributed by atoms with E-state index in [9.17, 15) is 4.79 Å². The average Bonchev–Trinajstić information content (AvgIpc) is 2.48. The van der Waals surface area contributed by atoms with Crippen molar-refractivity contribution in [3.05, 3.63) is 35.4 Å². The van der Waals surface area contributed by atoms with E-state index in [1.54, 1.807) is 0 Å². The summed E-state index contributed by atoms with van der Waals surface area (Å²) in [5, 5.41) is 2.87. The molecule has 3 nitrogen and oxygen atoms in total. The second kappa shape index (κ2) is 9.55. The van der Waals surface area contributed by atoms with Crippen LogP contribution in [-0.2, 0) is 0 Å². The molecule has 0 saturated carbocycles. The molecule has 3 N–H and O–H groups in total. The molecule has 0 aliphatic carbocycles. The first kappa shape index (κ1) is 17.7. The molecule has 1 aliphatic heterocycles. The van der Waals surface area contributed by atoms with Crippen LogP contribution in [0.2, 0.25) is 0 Å². The van der Waals surface area contributed by atoms with E-state index in [2.05, 4.69) is 17.4 Å². The van der Waals surface area contributed by atoms with Gasteiger partial charge in [0.2, 0.25) is 0 Å². The number of thioether (sulfide) groups is 2. The smallest absolute Gasteiger partial charge is 0.251 e. The molecule has 6 heteroatoms. The van der Waals surface area contributed by atoms with Gasteiger partial charge in [0.25, 0.3) is 5.91 Å². The van der Waals surface area contributed by atoms with Crippen molar-refractivity contribution in [1.29, 1.82) is 0 Å². The molecular weight excluding hydrogens is 312 g/mol. The zero-order valence-electron chi connectivity index (χ0n) is 11.3. The predicted molar refractivity (Wildman–Crippen MR) is 92.0 cm³/mol. The first-order valence-corrected chi connectivity index (χ1v) is 8.72. The number of carbonyl (C=O) groups excluding carboxylic acids is 1. The molecule has 1 aromatic carbocycles. The van der Waals surface area contributed by atoms with Crippen molar-refractivity contribution in [3.8, 4) is 0 Å². The van der Waals surface area contributed by atoms with E-state index in [4.69, 9.17) is 5.73 Å². The summed E-state index contributed by atoms with van der Waals surface area (Å²) in [6.45, 7) is 1.25. The number of rotatable bonds is 5. The zero-order chi connectivity index (χ0) is 13.5. The second-order valence-electron chi connectivity index (χ2n) is 4.45. The molecule has 112 valence electrons. The summed E-state index contributed by atoms with van der Waals surface area (Å²) in [6.07, 6.45) is 2.12. The van der Waals surface area contributed by atoms with Crippen molar-refractivity contribution in [2.75, 3.05) is 24.6 Å². The van der Waals surface area contributed by atoms with Crippen LogP contribution in [0.25, 0.3) is 0 Å². The maximum absolute atomic E-state index is 11.8.